The van der Waals surface area contributed by atoms with E-state index in [4.69, 9.17) is 0 Å². The van der Waals surface area contributed by atoms with Crippen molar-refractivity contribution in [3.63, 3.8) is 0 Å². The zero-order valence-corrected chi connectivity index (χ0v) is 8.38. The molecule has 16 heavy (non-hydrogen) atoms. The SMILES string of the molecule is Cc1ccc2c(ccc(=O)n2O)c1[N+](=O)[O-]. The first-order valence-corrected chi connectivity index (χ1v) is 4.51. The minimum absolute atomic E-state index is 0.0969. The van der Waals surface area contributed by atoms with Gasteiger partial charge in [-0.1, -0.05) is 6.07 Å². The number of hydrogen-bond donors (Lipinski definition) is 1. The molecule has 0 saturated heterocycles. The molecule has 2 aromatic rings. The van der Waals surface area contributed by atoms with Gasteiger partial charge in [-0.2, -0.15) is 0 Å². The Morgan fingerprint density at radius 3 is 2.62 bits per heavy atom. The average Bonchev–Trinajstić information content (AvgIpc) is 2.22. The highest BCUT2D eigenvalue weighted by molar-refractivity contribution is 5.89. The molecule has 82 valence electrons. The molecular weight excluding hydrogens is 212 g/mol. The largest absolute Gasteiger partial charge is 0.425 e. The number of nitro benzene ring substituents is 1. The zero-order chi connectivity index (χ0) is 11.9. The number of nitro groups is 1. The van der Waals surface area contributed by atoms with Crippen molar-refractivity contribution in [3.8, 4) is 0 Å². The lowest BCUT2D eigenvalue weighted by molar-refractivity contribution is -0.383. The summed E-state index contributed by atoms with van der Waals surface area (Å²) in [6.45, 7) is 1.60. The number of hydrogen-bond acceptors (Lipinski definition) is 4. The Morgan fingerprint density at radius 1 is 1.31 bits per heavy atom. The Kier molecular flexibility index (Phi) is 2.12. The van der Waals surface area contributed by atoms with Crippen LogP contribution >= 0.6 is 0 Å². The zero-order valence-electron chi connectivity index (χ0n) is 8.38. The summed E-state index contributed by atoms with van der Waals surface area (Å²) >= 11 is 0. The summed E-state index contributed by atoms with van der Waals surface area (Å²) in [6.07, 6.45) is 0. The van der Waals surface area contributed by atoms with Crippen LogP contribution in [0.2, 0.25) is 0 Å². The molecule has 0 saturated carbocycles. The number of rotatable bonds is 1. The maximum absolute atomic E-state index is 11.1. The standard InChI is InChI=1S/C10H8N2O4/c1-6-2-4-8-7(10(6)12(15)16)3-5-9(13)11(8)14/h2-5,14H,1H3. The Bertz CT molecular complexity index is 645. The molecular formula is C10H8N2O4. The first-order valence-electron chi connectivity index (χ1n) is 4.51. The van der Waals surface area contributed by atoms with E-state index >= 15 is 0 Å². The monoisotopic (exact) mass is 220 g/mol. The van der Waals surface area contributed by atoms with Crippen molar-refractivity contribution in [3.05, 3.63) is 50.3 Å². The lowest BCUT2D eigenvalue weighted by Gasteiger charge is -2.04. The second-order valence-electron chi connectivity index (χ2n) is 3.40. The minimum Gasteiger partial charge on any atom is -0.425 e. The highest BCUT2D eigenvalue weighted by atomic mass is 16.6. The van der Waals surface area contributed by atoms with E-state index in [-0.39, 0.29) is 16.6 Å². The predicted molar refractivity (Wildman–Crippen MR) is 56.8 cm³/mol. The van der Waals surface area contributed by atoms with Gasteiger partial charge in [0.15, 0.2) is 0 Å². The summed E-state index contributed by atoms with van der Waals surface area (Å²) in [7, 11) is 0. The highest BCUT2D eigenvalue weighted by Gasteiger charge is 2.17. The molecule has 0 aliphatic carbocycles. The quantitative estimate of drug-likeness (QED) is 0.447. The molecule has 0 unspecified atom stereocenters. The number of pyridine rings is 1. The van der Waals surface area contributed by atoms with Crippen LogP contribution in [-0.2, 0) is 0 Å². The van der Waals surface area contributed by atoms with Crippen LogP contribution < -0.4 is 5.56 Å². The van der Waals surface area contributed by atoms with E-state index < -0.39 is 10.5 Å². The third-order valence-electron chi connectivity index (χ3n) is 2.41. The second-order valence-corrected chi connectivity index (χ2v) is 3.40. The fourth-order valence-corrected chi connectivity index (χ4v) is 1.64. The average molecular weight is 220 g/mol. The van der Waals surface area contributed by atoms with Crippen molar-refractivity contribution in [2.45, 2.75) is 6.92 Å². The summed E-state index contributed by atoms with van der Waals surface area (Å²) in [5.74, 6) is 0. The first kappa shape index (κ1) is 10.2. The molecule has 0 spiro atoms. The fraction of sp³-hybridized carbons (Fsp3) is 0.100. The topological polar surface area (TPSA) is 85.4 Å². The first-order chi connectivity index (χ1) is 7.52. The van der Waals surface area contributed by atoms with Crippen LogP contribution in [0.25, 0.3) is 10.9 Å². The Labute approximate surface area is 89.5 Å². The Balaban J connectivity index is 3.01. The van der Waals surface area contributed by atoms with E-state index in [1.165, 1.54) is 18.2 Å². The maximum atomic E-state index is 11.1. The molecule has 0 amide bonds. The van der Waals surface area contributed by atoms with Gasteiger partial charge >= 0.3 is 0 Å². The van der Waals surface area contributed by atoms with Crippen LogP contribution in [-0.4, -0.2) is 14.9 Å². The van der Waals surface area contributed by atoms with Crippen LogP contribution in [0.3, 0.4) is 0 Å². The lowest BCUT2D eigenvalue weighted by Crippen LogP contribution is -2.16. The summed E-state index contributed by atoms with van der Waals surface area (Å²) in [5.41, 5.74) is -0.105. The van der Waals surface area contributed by atoms with Crippen molar-refractivity contribution in [2.24, 2.45) is 0 Å². The highest BCUT2D eigenvalue weighted by Crippen LogP contribution is 2.27. The lowest BCUT2D eigenvalue weighted by atomic mass is 10.1. The van der Waals surface area contributed by atoms with Gasteiger partial charge in [0.1, 0.15) is 0 Å². The third kappa shape index (κ3) is 1.31. The molecule has 0 aliphatic rings. The molecule has 2 rings (SSSR count). The van der Waals surface area contributed by atoms with Crippen molar-refractivity contribution in [1.82, 2.24) is 4.73 Å². The van der Waals surface area contributed by atoms with Crippen LogP contribution in [0, 0.1) is 17.0 Å². The Morgan fingerprint density at radius 2 is 2.00 bits per heavy atom. The maximum Gasteiger partial charge on any atom is 0.283 e. The molecule has 6 heteroatoms. The summed E-state index contributed by atoms with van der Waals surface area (Å²) < 4.78 is 0.405. The molecule has 0 fully saturated rings. The van der Waals surface area contributed by atoms with Gasteiger partial charge in [-0.25, -0.2) is 0 Å². The molecule has 0 radical (unpaired) electrons. The van der Waals surface area contributed by atoms with E-state index in [1.54, 1.807) is 6.92 Å². The van der Waals surface area contributed by atoms with Gasteiger partial charge in [-0.15, -0.1) is 4.73 Å². The molecule has 1 heterocycles. The van der Waals surface area contributed by atoms with Crippen LogP contribution in [0.15, 0.2) is 29.1 Å². The van der Waals surface area contributed by atoms with E-state index in [0.29, 0.717) is 10.3 Å². The number of benzene rings is 1. The smallest absolute Gasteiger partial charge is 0.283 e. The predicted octanol–water partition coefficient (Wildman–Crippen LogP) is 1.46. The van der Waals surface area contributed by atoms with E-state index in [0.717, 1.165) is 6.07 Å². The third-order valence-corrected chi connectivity index (χ3v) is 2.41. The van der Waals surface area contributed by atoms with E-state index in [9.17, 15) is 20.1 Å². The van der Waals surface area contributed by atoms with E-state index in [2.05, 4.69) is 0 Å². The molecule has 1 aromatic heterocycles. The number of aryl methyl sites for hydroxylation is 1. The van der Waals surface area contributed by atoms with Gasteiger partial charge in [-0.05, 0) is 19.1 Å². The molecule has 0 aliphatic heterocycles. The number of nitrogens with zero attached hydrogens (tertiary/aromatic N) is 2. The molecule has 1 aromatic carbocycles. The molecule has 0 bridgehead atoms. The van der Waals surface area contributed by atoms with Crippen molar-refractivity contribution >= 4 is 16.6 Å². The van der Waals surface area contributed by atoms with Crippen LogP contribution in [0.1, 0.15) is 5.56 Å². The van der Waals surface area contributed by atoms with Crippen LogP contribution in [0.5, 0.6) is 0 Å². The van der Waals surface area contributed by atoms with Gasteiger partial charge in [0.2, 0.25) is 0 Å². The normalized spacial score (nSPS) is 10.6. The molecule has 1 N–H and O–H groups in total. The van der Waals surface area contributed by atoms with Gasteiger partial charge in [0.25, 0.3) is 11.2 Å². The van der Waals surface area contributed by atoms with Gasteiger partial charge < -0.3 is 5.21 Å². The summed E-state index contributed by atoms with van der Waals surface area (Å²) in [4.78, 5) is 21.5. The summed E-state index contributed by atoms with van der Waals surface area (Å²) in [6, 6.07) is 5.40. The van der Waals surface area contributed by atoms with Crippen molar-refractivity contribution < 1.29 is 10.1 Å². The second kappa shape index (κ2) is 3.34. The Hall–Kier alpha value is -2.37. The number of aromatic nitrogens is 1. The van der Waals surface area contributed by atoms with Crippen molar-refractivity contribution in [1.29, 1.82) is 0 Å². The molecule has 6 nitrogen and oxygen atoms in total. The van der Waals surface area contributed by atoms with Crippen molar-refractivity contribution in [2.75, 3.05) is 0 Å². The molecule has 0 atom stereocenters. The van der Waals surface area contributed by atoms with Gasteiger partial charge in [0, 0.05) is 11.6 Å². The summed E-state index contributed by atoms with van der Waals surface area (Å²) in [5, 5.41) is 20.5. The van der Waals surface area contributed by atoms with Gasteiger partial charge in [-0.3, -0.25) is 14.9 Å². The van der Waals surface area contributed by atoms with Crippen LogP contribution in [0.4, 0.5) is 5.69 Å². The number of fused-ring (bicyclic) bond motifs is 1. The fourth-order valence-electron chi connectivity index (χ4n) is 1.64. The van der Waals surface area contributed by atoms with Gasteiger partial charge in [0.05, 0.1) is 15.8 Å². The van der Waals surface area contributed by atoms with E-state index in [1.807, 2.05) is 0 Å². The minimum atomic E-state index is -0.620.